The fourth-order valence-corrected chi connectivity index (χ4v) is 3.23. The van der Waals surface area contributed by atoms with Crippen molar-refractivity contribution in [1.29, 1.82) is 0 Å². The zero-order valence-electron chi connectivity index (χ0n) is 16.3. The smallest absolute Gasteiger partial charge is 0.229 e. The van der Waals surface area contributed by atoms with Gasteiger partial charge in [-0.25, -0.2) is 0 Å². The van der Waals surface area contributed by atoms with Crippen LogP contribution in [0.3, 0.4) is 0 Å². The first-order chi connectivity index (χ1) is 14.7. The summed E-state index contributed by atoms with van der Waals surface area (Å²) in [5.41, 5.74) is 0.354. The van der Waals surface area contributed by atoms with Crippen LogP contribution in [0.2, 0.25) is 0 Å². The summed E-state index contributed by atoms with van der Waals surface area (Å²) in [7, 11) is 0. The number of hydrogen-bond acceptors (Lipinski definition) is 10. The van der Waals surface area contributed by atoms with E-state index in [4.69, 9.17) is 9.47 Å². The zero-order chi connectivity index (χ0) is 22.7. The molecule has 7 N–H and O–H groups in total. The monoisotopic (exact) mass is 436 g/mol. The third-order valence-corrected chi connectivity index (χ3v) is 5.03. The largest absolute Gasteiger partial charge is 0.508 e. The predicted molar refractivity (Wildman–Crippen MR) is 105 cm³/mol. The standard InChI is InChI=1S/C21H24O10/c22-9-17-18(27)19(28)20(29)21(31-17)30-12-4-1-10(2-5-12)14(24)8-16(26)13-6-3-11(23)7-15(13)25/h1-7,14,17-25,27-29H,8-9H2/t14-,17+,18+,19-,20+,21+/m0/s1. The summed E-state index contributed by atoms with van der Waals surface area (Å²) in [6, 6.07) is 9.40. The molecule has 10 nitrogen and oxygen atoms in total. The van der Waals surface area contributed by atoms with Crippen LogP contribution in [-0.2, 0) is 4.74 Å². The molecule has 6 atom stereocenters. The van der Waals surface area contributed by atoms with Crippen molar-refractivity contribution in [1.82, 2.24) is 0 Å². The molecule has 1 fully saturated rings. The fraction of sp³-hybridized carbons (Fsp3) is 0.381. The van der Waals surface area contributed by atoms with Gasteiger partial charge in [-0.15, -0.1) is 0 Å². The number of hydrogen-bond donors (Lipinski definition) is 7. The second kappa shape index (κ2) is 9.60. The number of ketones is 1. The Bertz CT molecular complexity index is 898. The molecular weight excluding hydrogens is 412 g/mol. The number of rotatable bonds is 7. The van der Waals surface area contributed by atoms with Gasteiger partial charge in [-0.2, -0.15) is 0 Å². The van der Waals surface area contributed by atoms with Crippen LogP contribution in [0.15, 0.2) is 42.5 Å². The Hall–Kier alpha value is -2.73. The Morgan fingerprint density at radius 3 is 2.29 bits per heavy atom. The van der Waals surface area contributed by atoms with Gasteiger partial charge in [0.05, 0.1) is 18.3 Å². The highest BCUT2D eigenvalue weighted by Gasteiger charge is 2.44. The second-order valence-corrected chi connectivity index (χ2v) is 7.23. The first-order valence-electron chi connectivity index (χ1n) is 9.51. The second-order valence-electron chi connectivity index (χ2n) is 7.23. The minimum Gasteiger partial charge on any atom is -0.508 e. The molecule has 10 heteroatoms. The van der Waals surface area contributed by atoms with Gasteiger partial charge in [0.2, 0.25) is 6.29 Å². The lowest BCUT2D eigenvalue weighted by molar-refractivity contribution is -0.277. The fourth-order valence-electron chi connectivity index (χ4n) is 3.23. The molecule has 0 spiro atoms. The summed E-state index contributed by atoms with van der Waals surface area (Å²) in [4.78, 5) is 12.3. The maximum atomic E-state index is 12.3. The van der Waals surface area contributed by atoms with Crippen molar-refractivity contribution in [2.24, 2.45) is 0 Å². The van der Waals surface area contributed by atoms with Gasteiger partial charge in [-0.05, 0) is 29.8 Å². The van der Waals surface area contributed by atoms with E-state index in [1.807, 2.05) is 0 Å². The molecule has 168 valence electrons. The maximum absolute atomic E-state index is 12.3. The van der Waals surface area contributed by atoms with Crippen LogP contribution in [0.25, 0.3) is 0 Å². The van der Waals surface area contributed by atoms with Crippen LogP contribution in [0, 0.1) is 0 Å². The highest BCUT2D eigenvalue weighted by Crippen LogP contribution is 2.28. The number of carbonyl (C=O) groups is 1. The van der Waals surface area contributed by atoms with Gasteiger partial charge >= 0.3 is 0 Å². The van der Waals surface area contributed by atoms with E-state index in [1.54, 1.807) is 0 Å². The van der Waals surface area contributed by atoms with Crippen molar-refractivity contribution in [3.8, 4) is 17.2 Å². The Balaban J connectivity index is 1.63. The van der Waals surface area contributed by atoms with E-state index in [1.165, 1.54) is 36.4 Å². The number of phenolic OH excluding ortho intramolecular Hbond substituents is 2. The topological polar surface area (TPSA) is 177 Å². The van der Waals surface area contributed by atoms with E-state index in [2.05, 4.69) is 0 Å². The van der Waals surface area contributed by atoms with Crippen molar-refractivity contribution in [2.45, 2.75) is 43.2 Å². The normalized spacial score (nSPS) is 26.9. The summed E-state index contributed by atoms with van der Waals surface area (Å²) < 4.78 is 10.7. The number of aromatic hydroxyl groups is 2. The molecule has 0 bridgehead atoms. The minimum atomic E-state index is -1.57. The average Bonchev–Trinajstić information content (AvgIpc) is 2.74. The van der Waals surface area contributed by atoms with Gasteiger partial charge in [0, 0.05) is 12.5 Å². The van der Waals surface area contributed by atoms with E-state index >= 15 is 0 Å². The van der Waals surface area contributed by atoms with E-state index in [0.717, 1.165) is 6.07 Å². The quantitative estimate of drug-likeness (QED) is 0.282. The van der Waals surface area contributed by atoms with Crippen LogP contribution in [0.5, 0.6) is 17.2 Å². The molecule has 1 aliphatic rings. The lowest BCUT2D eigenvalue weighted by Crippen LogP contribution is -2.60. The summed E-state index contributed by atoms with van der Waals surface area (Å²) >= 11 is 0. The van der Waals surface area contributed by atoms with Gasteiger partial charge in [-0.1, -0.05) is 12.1 Å². The number of carbonyl (C=O) groups excluding carboxylic acids is 1. The first-order valence-corrected chi connectivity index (χ1v) is 9.51. The summed E-state index contributed by atoms with van der Waals surface area (Å²) in [5.74, 6) is -0.889. The van der Waals surface area contributed by atoms with Crippen molar-refractivity contribution < 1.29 is 50.0 Å². The molecule has 1 aliphatic heterocycles. The van der Waals surface area contributed by atoms with Gasteiger partial charge in [0.15, 0.2) is 5.78 Å². The molecule has 0 aromatic heterocycles. The van der Waals surface area contributed by atoms with Gasteiger partial charge in [0.1, 0.15) is 41.7 Å². The van der Waals surface area contributed by atoms with Crippen molar-refractivity contribution >= 4 is 5.78 Å². The number of benzene rings is 2. The molecule has 1 heterocycles. The van der Waals surface area contributed by atoms with Crippen LogP contribution < -0.4 is 4.74 Å². The van der Waals surface area contributed by atoms with Crippen LogP contribution in [-0.4, -0.2) is 78.8 Å². The third kappa shape index (κ3) is 5.13. The number of phenols is 2. The number of aliphatic hydroxyl groups excluding tert-OH is 5. The number of ether oxygens (including phenoxy) is 2. The molecule has 0 radical (unpaired) electrons. The Morgan fingerprint density at radius 2 is 1.68 bits per heavy atom. The highest BCUT2D eigenvalue weighted by molar-refractivity contribution is 5.99. The number of Topliss-reactive ketones (excluding diaryl/α,β-unsaturated/α-hetero) is 1. The molecule has 0 saturated carbocycles. The third-order valence-electron chi connectivity index (χ3n) is 5.03. The summed E-state index contributed by atoms with van der Waals surface area (Å²) in [6.45, 7) is -0.583. The summed E-state index contributed by atoms with van der Waals surface area (Å²) in [6.07, 6.45) is -8.56. The van der Waals surface area contributed by atoms with Crippen molar-refractivity contribution in [3.05, 3.63) is 53.6 Å². The van der Waals surface area contributed by atoms with E-state index in [-0.39, 0.29) is 29.2 Å². The molecule has 3 rings (SSSR count). The highest BCUT2D eigenvalue weighted by atomic mass is 16.7. The van der Waals surface area contributed by atoms with Crippen LogP contribution >= 0.6 is 0 Å². The predicted octanol–water partition coefficient (Wildman–Crippen LogP) is -0.417. The molecule has 1 saturated heterocycles. The van der Waals surface area contributed by atoms with E-state index in [9.17, 15) is 40.5 Å². The molecule has 2 aromatic carbocycles. The van der Waals surface area contributed by atoms with E-state index in [0.29, 0.717) is 5.56 Å². The van der Waals surface area contributed by atoms with Gasteiger partial charge in [0.25, 0.3) is 0 Å². The van der Waals surface area contributed by atoms with Gasteiger partial charge < -0.3 is 45.2 Å². The molecule has 0 aliphatic carbocycles. The lowest BCUT2D eigenvalue weighted by Gasteiger charge is -2.39. The Labute approximate surface area is 177 Å². The maximum Gasteiger partial charge on any atom is 0.229 e. The molecular formula is C21H24O10. The minimum absolute atomic E-state index is 0.0283. The van der Waals surface area contributed by atoms with E-state index < -0.39 is 49.2 Å². The van der Waals surface area contributed by atoms with Crippen molar-refractivity contribution in [2.75, 3.05) is 6.61 Å². The van der Waals surface area contributed by atoms with Crippen molar-refractivity contribution in [3.63, 3.8) is 0 Å². The van der Waals surface area contributed by atoms with Crippen LogP contribution in [0.4, 0.5) is 0 Å². The Morgan fingerprint density at radius 1 is 1.00 bits per heavy atom. The molecule has 0 unspecified atom stereocenters. The van der Waals surface area contributed by atoms with Gasteiger partial charge in [-0.3, -0.25) is 4.79 Å². The molecule has 31 heavy (non-hydrogen) atoms. The van der Waals surface area contributed by atoms with Crippen LogP contribution in [0.1, 0.15) is 28.4 Å². The zero-order valence-corrected chi connectivity index (χ0v) is 16.3. The molecule has 2 aromatic rings. The Kier molecular flexibility index (Phi) is 7.11. The first kappa shape index (κ1) is 22.9. The SMILES string of the molecule is O=C(C[C@H](O)c1ccc(O[C@@H]2O[C@H](CO)[C@@H](O)[C@H](O)[C@H]2O)cc1)c1ccc(O)cc1O. The number of aliphatic hydroxyl groups is 5. The lowest BCUT2D eigenvalue weighted by atomic mass is 9.99. The average molecular weight is 436 g/mol. The summed E-state index contributed by atoms with van der Waals surface area (Å²) in [5, 5.41) is 68.2. The molecule has 0 amide bonds.